The smallest absolute Gasteiger partial charge is 0.308 e. The molecule has 3 aromatic carbocycles. The number of carbonyl (C=O) groups is 7. The van der Waals surface area contributed by atoms with Crippen LogP contribution in [0.15, 0.2) is 36.4 Å². The average Bonchev–Trinajstić information content (AvgIpc) is 2.93. The van der Waals surface area contributed by atoms with Gasteiger partial charge in [0.1, 0.15) is 28.0 Å². The van der Waals surface area contributed by atoms with Crippen molar-refractivity contribution in [3.8, 4) is 63.2 Å². The normalized spacial score (nSPS) is 10.2. The number of hydrogen-bond acceptors (Lipinski definition) is 16. The van der Waals surface area contributed by atoms with Crippen LogP contribution in [0.2, 0.25) is 5.02 Å². The van der Waals surface area contributed by atoms with E-state index in [0.717, 1.165) is 66.7 Å². The summed E-state index contributed by atoms with van der Waals surface area (Å²) in [4.78, 5) is 83.2. The number of rotatable bonds is 11. The minimum absolute atomic E-state index is 0.171. The van der Waals surface area contributed by atoms with Gasteiger partial charge in [-0.2, -0.15) is 0 Å². The Morgan fingerprint density at radius 3 is 1.10 bits per heavy atom. The highest BCUT2D eigenvalue weighted by molar-refractivity contribution is 6.34. The molecule has 0 fully saturated rings. The fourth-order valence-electron chi connectivity index (χ4n) is 3.83. The summed E-state index contributed by atoms with van der Waals surface area (Å²) in [5.74, 6) is -9.39. The Morgan fingerprint density at radius 1 is 0.367 bits per heavy atom. The van der Waals surface area contributed by atoms with Crippen LogP contribution < -0.4 is 42.6 Å². The van der Waals surface area contributed by atoms with Gasteiger partial charge in [0.05, 0.1) is 0 Å². The van der Waals surface area contributed by atoms with Gasteiger partial charge in [-0.3, -0.25) is 33.6 Å². The van der Waals surface area contributed by atoms with Gasteiger partial charge in [0.2, 0.25) is 11.5 Å². The summed E-state index contributed by atoms with van der Waals surface area (Å²) < 4.78 is 48.2. The van der Waals surface area contributed by atoms with Gasteiger partial charge in [-0.05, 0) is 0 Å². The van der Waals surface area contributed by atoms with E-state index in [1.54, 1.807) is 0 Å². The maximum Gasteiger partial charge on any atom is 0.308 e. The third-order valence-electron chi connectivity index (χ3n) is 5.18. The lowest BCUT2D eigenvalue weighted by atomic mass is 10.2. The van der Waals surface area contributed by atoms with Crippen LogP contribution >= 0.6 is 11.6 Å². The standard InChI is InChI=1S/C32H27ClO16/c1-14(34)41-21-8-22(48-30-26(44-17(4)37)11-24(42-15(2)35)12-27(30)45-18(5)38)10-23(9-21)49-31-28(46-19(6)39)13-25(43-16(3)36)29(33)32(31)47-20(7)40/h8-13H,1-7H3. The van der Waals surface area contributed by atoms with E-state index in [9.17, 15) is 33.6 Å². The molecule has 0 saturated heterocycles. The zero-order chi connectivity index (χ0) is 36.6. The third-order valence-corrected chi connectivity index (χ3v) is 5.54. The predicted octanol–water partition coefficient (Wildman–Crippen LogP) is 5.40. The number of benzene rings is 3. The highest BCUT2D eigenvalue weighted by Gasteiger charge is 2.27. The van der Waals surface area contributed by atoms with Gasteiger partial charge >= 0.3 is 41.8 Å². The molecule has 16 nitrogen and oxygen atoms in total. The topological polar surface area (TPSA) is 203 Å². The summed E-state index contributed by atoms with van der Waals surface area (Å²) in [5, 5.41) is -0.422. The molecule has 3 aromatic rings. The lowest BCUT2D eigenvalue weighted by Crippen LogP contribution is -2.10. The molecule has 0 aliphatic heterocycles. The minimum Gasteiger partial charge on any atom is -0.449 e. The first-order chi connectivity index (χ1) is 22.9. The second-order valence-corrected chi connectivity index (χ2v) is 9.97. The predicted molar refractivity (Wildman–Crippen MR) is 164 cm³/mol. The lowest BCUT2D eigenvalue weighted by molar-refractivity contribution is -0.133. The molecule has 0 amide bonds. The van der Waals surface area contributed by atoms with Gasteiger partial charge in [-0.1, -0.05) is 11.6 Å². The van der Waals surface area contributed by atoms with Gasteiger partial charge in [0, 0.05) is 84.9 Å². The molecule has 0 atom stereocenters. The molecule has 258 valence electrons. The molecule has 0 aliphatic carbocycles. The molecule has 0 aliphatic rings. The quantitative estimate of drug-likeness (QED) is 0.181. The Balaban J connectivity index is 2.28. The fraction of sp³-hybridized carbons (Fsp3) is 0.219. The Morgan fingerprint density at radius 2 is 0.694 bits per heavy atom. The summed E-state index contributed by atoms with van der Waals surface area (Å²) in [6.07, 6.45) is 0. The van der Waals surface area contributed by atoms with Crippen LogP contribution in [0.1, 0.15) is 48.5 Å². The van der Waals surface area contributed by atoms with Crippen LogP contribution in [0.25, 0.3) is 0 Å². The van der Waals surface area contributed by atoms with Crippen LogP contribution in [0, 0.1) is 0 Å². The van der Waals surface area contributed by atoms with Crippen molar-refractivity contribution < 1.29 is 76.2 Å². The zero-order valence-electron chi connectivity index (χ0n) is 26.9. The molecule has 0 bridgehead atoms. The van der Waals surface area contributed by atoms with Crippen LogP contribution in [-0.4, -0.2) is 41.8 Å². The molecule has 0 aromatic heterocycles. The van der Waals surface area contributed by atoms with Crippen LogP contribution in [-0.2, 0) is 33.6 Å². The van der Waals surface area contributed by atoms with Crippen molar-refractivity contribution in [1.82, 2.24) is 0 Å². The second-order valence-electron chi connectivity index (χ2n) is 9.59. The molecule has 0 N–H and O–H groups in total. The SMILES string of the molecule is CC(=O)Oc1cc(Oc2c(OC(C)=O)cc(OC(C)=O)cc2OC(C)=O)cc(Oc2c(OC(C)=O)cc(OC(C)=O)c(Cl)c2OC(C)=O)c1. The first-order valence-corrected chi connectivity index (χ1v) is 14.1. The molecule has 49 heavy (non-hydrogen) atoms. The van der Waals surface area contributed by atoms with Gasteiger partial charge in [-0.25, -0.2) is 0 Å². The van der Waals surface area contributed by atoms with E-state index < -0.39 is 64.1 Å². The zero-order valence-corrected chi connectivity index (χ0v) is 27.6. The molecule has 0 spiro atoms. The van der Waals surface area contributed by atoms with E-state index in [0.29, 0.717) is 0 Å². The van der Waals surface area contributed by atoms with Crippen molar-refractivity contribution in [2.24, 2.45) is 0 Å². The monoisotopic (exact) mass is 702 g/mol. The Bertz CT molecular complexity index is 1820. The average molecular weight is 703 g/mol. The summed E-state index contributed by atoms with van der Waals surface area (Å²) in [6, 6.07) is 6.82. The highest BCUT2D eigenvalue weighted by Crippen LogP contribution is 2.51. The maximum absolute atomic E-state index is 12.0. The molecule has 0 saturated carbocycles. The lowest BCUT2D eigenvalue weighted by Gasteiger charge is -2.19. The van der Waals surface area contributed by atoms with E-state index in [1.165, 1.54) is 18.2 Å². The van der Waals surface area contributed by atoms with Crippen molar-refractivity contribution in [2.45, 2.75) is 48.5 Å². The molecule has 17 heteroatoms. The first-order valence-electron chi connectivity index (χ1n) is 13.8. The van der Waals surface area contributed by atoms with Crippen molar-refractivity contribution in [2.75, 3.05) is 0 Å². The number of ether oxygens (including phenoxy) is 9. The largest absolute Gasteiger partial charge is 0.449 e. The molecule has 0 unspecified atom stereocenters. The van der Waals surface area contributed by atoms with Gasteiger partial charge < -0.3 is 42.6 Å². The Kier molecular flexibility index (Phi) is 12.3. The molecular formula is C32H27ClO16. The van der Waals surface area contributed by atoms with E-state index in [2.05, 4.69) is 0 Å². The van der Waals surface area contributed by atoms with Gasteiger partial charge in [-0.15, -0.1) is 0 Å². The van der Waals surface area contributed by atoms with Crippen LogP contribution in [0.3, 0.4) is 0 Å². The second kappa shape index (κ2) is 16.1. The molecular weight excluding hydrogens is 676 g/mol. The Hall–Kier alpha value is -6.16. The van der Waals surface area contributed by atoms with E-state index in [1.807, 2.05) is 0 Å². The van der Waals surface area contributed by atoms with Crippen LogP contribution in [0.4, 0.5) is 0 Å². The third kappa shape index (κ3) is 11.0. The van der Waals surface area contributed by atoms with Gasteiger partial charge in [0.15, 0.2) is 28.7 Å². The number of carbonyl (C=O) groups excluding carboxylic acids is 7. The van der Waals surface area contributed by atoms with Crippen molar-refractivity contribution in [3.63, 3.8) is 0 Å². The summed E-state index contributed by atoms with van der Waals surface area (Å²) in [7, 11) is 0. The minimum atomic E-state index is -0.897. The Labute approximate surface area is 282 Å². The van der Waals surface area contributed by atoms with Crippen molar-refractivity contribution in [3.05, 3.63) is 41.4 Å². The van der Waals surface area contributed by atoms with Gasteiger partial charge in [0.25, 0.3) is 0 Å². The number of hydrogen-bond donors (Lipinski definition) is 0. The molecule has 3 rings (SSSR count). The first kappa shape index (κ1) is 37.3. The number of esters is 7. The van der Waals surface area contributed by atoms with Crippen LogP contribution in [0.5, 0.6) is 63.2 Å². The molecule has 0 radical (unpaired) electrons. The maximum atomic E-state index is 12.0. The molecule has 0 heterocycles. The summed E-state index contributed by atoms with van der Waals surface area (Å²) >= 11 is 6.39. The number of halogens is 1. The summed E-state index contributed by atoms with van der Waals surface area (Å²) in [5.41, 5.74) is 0. The van der Waals surface area contributed by atoms with Crippen molar-refractivity contribution in [1.29, 1.82) is 0 Å². The van der Waals surface area contributed by atoms with E-state index in [-0.39, 0.29) is 46.0 Å². The van der Waals surface area contributed by atoms with E-state index in [4.69, 9.17) is 54.2 Å². The summed E-state index contributed by atoms with van der Waals surface area (Å²) in [6.45, 7) is 7.51. The van der Waals surface area contributed by atoms with Crippen molar-refractivity contribution >= 4 is 53.4 Å². The van der Waals surface area contributed by atoms with E-state index >= 15 is 0 Å². The fourth-order valence-corrected chi connectivity index (χ4v) is 4.04. The highest BCUT2D eigenvalue weighted by atomic mass is 35.5.